The quantitative estimate of drug-likeness (QED) is 0.375. The maximum atomic E-state index is 13.7. The first-order valence-electron chi connectivity index (χ1n) is 12.4. The Morgan fingerprint density at radius 3 is 2.37 bits per heavy atom. The molecule has 200 valence electrons. The van der Waals surface area contributed by atoms with E-state index in [2.05, 4.69) is 10.6 Å². The number of benzene rings is 3. The second-order valence-electron chi connectivity index (χ2n) is 9.04. The molecular weight excluding hydrogens is 526 g/mol. The van der Waals surface area contributed by atoms with Crippen molar-refractivity contribution < 1.29 is 22.7 Å². The molecule has 2 amide bonds. The highest BCUT2D eigenvalue weighted by Gasteiger charge is 2.30. The van der Waals surface area contributed by atoms with Crippen LogP contribution in [-0.2, 0) is 14.8 Å². The molecule has 0 heterocycles. The first kappa shape index (κ1) is 27.5. The molecule has 0 saturated heterocycles. The minimum Gasteiger partial charge on any atom is -0.495 e. The van der Waals surface area contributed by atoms with Crippen molar-refractivity contribution in [3.8, 4) is 5.75 Å². The van der Waals surface area contributed by atoms with Crippen LogP contribution in [0.4, 0.5) is 11.4 Å². The fourth-order valence-electron chi connectivity index (χ4n) is 4.50. The Hall–Kier alpha value is -3.56. The number of halogens is 1. The van der Waals surface area contributed by atoms with Crippen LogP contribution in [0.3, 0.4) is 0 Å². The molecule has 0 aromatic heterocycles. The Bertz CT molecular complexity index is 1390. The van der Waals surface area contributed by atoms with Crippen LogP contribution < -0.4 is 19.7 Å². The van der Waals surface area contributed by atoms with E-state index in [1.807, 2.05) is 0 Å². The Labute approximate surface area is 228 Å². The molecule has 10 heteroatoms. The molecule has 3 aromatic carbocycles. The third-order valence-corrected chi connectivity index (χ3v) is 8.42. The number of nitrogens with zero attached hydrogens (tertiary/aromatic N) is 1. The van der Waals surface area contributed by atoms with Crippen molar-refractivity contribution >= 4 is 44.8 Å². The number of amides is 2. The molecule has 4 rings (SSSR count). The average Bonchev–Trinajstić information content (AvgIpc) is 2.93. The van der Waals surface area contributed by atoms with Gasteiger partial charge < -0.3 is 15.4 Å². The maximum Gasteiger partial charge on any atom is 0.264 e. The highest BCUT2D eigenvalue weighted by molar-refractivity contribution is 7.92. The molecule has 2 N–H and O–H groups in total. The molecule has 0 aliphatic heterocycles. The van der Waals surface area contributed by atoms with Crippen LogP contribution in [0, 0.1) is 0 Å². The zero-order valence-corrected chi connectivity index (χ0v) is 22.6. The van der Waals surface area contributed by atoms with Crippen LogP contribution in [0.25, 0.3) is 0 Å². The van der Waals surface area contributed by atoms with Gasteiger partial charge in [0.05, 0.1) is 28.9 Å². The third kappa shape index (κ3) is 6.46. The van der Waals surface area contributed by atoms with Gasteiger partial charge in [0.25, 0.3) is 15.9 Å². The summed E-state index contributed by atoms with van der Waals surface area (Å²) in [4.78, 5) is 26.3. The summed E-state index contributed by atoms with van der Waals surface area (Å²) in [6.45, 7) is -0.577. The number of rotatable bonds is 9. The Morgan fingerprint density at radius 1 is 0.974 bits per heavy atom. The summed E-state index contributed by atoms with van der Waals surface area (Å²) in [7, 11) is -2.78. The summed E-state index contributed by atoms with van der Waals surface area (Å²) in [5.74, 6) is -0.684. The molecule has 0 unspecified atom stereocenters. The van der Waals surface area contributed by atoms with Gasteiger partial charge in [-0.3, -0.25) is 13.9 Å². The standard InChI is InChI=1S/C28H30ClN3O5S/c1-37-26-17-16-20(29)18-25(26)32(38(35,36)22-12-6-3-7-13-22)19-27(33)31-24-15-9-8-14-23(24)28(34)30-21-10-4-2-5-11-21/h3,6-9,12-18,21H,2,4-5,10-11,19H2,1H3,(H,30,34)(H,31,33). The zero-order valence-electron chi connectivity index (χ0n) is 21.0. The topological polar surface area (TPSA) is 105 Å². The number of hydrogen-bond acceptors (Lipinski definition) is 5. The normalized spacial score (nSPS) is 13.9. The second-order valence-corrected chi connectivity index (χ2v) is 11.3. The van der Waals surface area contributed by atoms with E-state index in [0.29, 0.717) is 11.3 Å². The number of sulfonamides is 1. The van der Waals surface area contributed by atoms with Crippen LogP contribution >= 0.6 is 11.6 Å². The molecule has 0 radical (unpaired) electrons. The van der Waals surface area contributed by atoms with Crippen molar-refractivity contribution in [2.24, 2.45) is 0 Å². The lowest BCUT2D eigenvalue weighted by Crippen LogP contribution is -2.39. The van der Waals surface area contributed by atoms with Gasteiger partial charge in [-0.1, -0.05) is 61.2 Å². The van der Waals surface area contributed by atoms with Crippen molar-refractivity contribution in [1.82, 2.24) is 5.32 Å². The van der Waals surface area contributed by atoms with E-state index in [-0.39, 0.29) is 33.3 Å². The first-order chi connectivity index (χ1) is 18.3. The molecule has 1 saturated carbocycles. The van der Waals surface area contributed by atoms with Gasteiger partial charge in [-0.2, -0.15) is 0 Å². The average molecular weight is 556 g/mol. The number of nitrogens with one attached hydrogen (secondary N) is 2. The van der Waals surface area contributed by atoms with Crippen LogP contribution in [0.2, 0.25) is 5.02 Å². The highest BCUT2D eigenvalue weighted by atomic mass is 35.5. The first-order valence-corrected chi connectivity index (χ1v) is 14.2. The molecule has 0 bridgehead atoms. The van der Waals surface area contributed by atoms with E-state index in [1.165, 1.54) is 37.8 Å². The zero-order chi connectivity index (χ0) is 27.1. The molecule has 8 nitrogen and oxygen atoms in total. The molecule has 1 aliphatic rings. The second kappa shape index (κ2) is 12.3. The Morgan fingerprint density at radius 2 is 1.66 bits per heavy atom. The smallest absolute Gasteiger partial charge is 0.264 e. The van der Waals surface area contributed by atoms with Gasteiger partial charge >= 0.3 is 0 Å². The molecule has 0 atom stereocenters. The van der Waals surface area contributed by atoms with E-state index >= 15 is 0 Å². The fourth-order valence-corrected chi connectivity index (χ4v) is 6.11. The van der Waals surface area contributed by atoms with E-state index in [4.69, 9.17) is 16.3 Å². The SMILES string of the molecule is COc1ccc(Cl)cc1N(CC(=O)Nc1ccccc1C(=O)NC1CCCCC1)S(=O)(=O)c1ccccc1. The summed E-state index contributed by atoms with van der Waals surface area (Å²) in [6.07, 6.45) is 5.16. The van der Waals surface area contributed by atoms with Gasteiger partial charge in [0.1, 0.15) is 12.3 Å². The molecule has 1 fully saturated rings. The van der Waals surface area contributed by atoms with Crippen molar-refractivity contribution in [3.05, 3.63) is 83.4 Å². The highest BCUT2D eigenvalue weighted by Crippen LogP contribution is 2.35. The largest absolute Gasteiger partial charge is 0.495 e. The Kier molecular flexibility index (Phi) is 8.91. The number of ether oxygens (including phenoxy) is 1. The van der Waals surface area contributed by atoms with Crippen LogP contribution in [-0.4, -0.2) is 39.9 Å². The summed E-state index contributed by atoms with van der Waals surface area (Å²) < 4.78 is 33.7. The van der Waals surface area contributed by atoms with Gasteiger partial charge in [-0.25, -0.2) is 8.42 Å². The van der Waals surface area contributed by atoms with E-state index in [1.54, 1.807) is 48.5 Å². The lowest BCUT2D eigenvalue weighted by Gasteiger charge is -2.26. The lowest BCUT2D eigenvalue weighted by molar-refractivity contribution is -0.114. The minimum absolute atomic E-state index is 0.00193. The molecule has 1 aliphatic carbocycles. The Balaban J connectivity index is 1.62. The van der Waals surface area contributed by atoms with Crippen LogP contribution in [0.1, 0.15) is 42.5 Å². The number of methoxy groups -OCH3 is 1. The summed E-state index contributed by atoms with van der Waals surface area (Å²) in [5.41, 5.74) is 0.715. The number of carbonyl (C=O) groups is 2. The monoisotopic (exact) mass is 555 g/mol. The molecular formula is C28H30ClN3O5S. The predicted molar refractivity (Wildman–Crippen MR) is 148 cm³/mol. The van der Waals surface area contributed by atoms with Crippen molar-refractivity contribution in [2.75, 3.05) is 23.3 Å². The minimum atomic E-state index is -4.18. The maximum absolute atomic E-state index is 13.7. The lowest BCUT2D eigenvalue weighted by atomic mass is 9.95. The van der Waals surface area contributed by atoms with Crippen LogP contribution in [0.5, 0.6) is 5.75 Å². The summed E-state index contributed by atoms with van der Waals surface area (Å²) in [5, 5.41) is 6.06. The molecule has 0 spiro atoms. The number of para-hydroxylation sites is 1. The van der Waals surface area contributed by atoms with Gasteiger partial charge in [0.2, 0.25) is 5.91 Å². The van der Waals surface area contributed by atoms with Crippen molar-refractivity contribution in [2.45, 2.75) is 43.0 Å². The van der Waals surface area contributed by atoms with Crippen molar-refractivity contribution in [1.29, 1.82) is 0 Å². The van der Waals surface area contributed by atoms with Gasteiger partial charge in [0, 0.05) is 11.1 Å². The van der Waals surface area contributed by atoms with Gasteiger partial charge in [0.15, 0.2) is 0 Å². The summed E-state index contributed by atoms with van der Waals surface area (Å²) >= 11 is 6.19. The van der Waals surface area contributed by atoms with E-state index < -0.39 is 22.5 Å². The fraction of sp³-hybridized carbons (Fsp3) is 0.286. The van der Waals surface area contributed by atoms with E-state index in [0.717, 1.165) is 30.0 Å². The van der Waals surface area contributed by atoms with E-state index in [9.17, 15) is 18.0 Å². The molecule has 3 aromatic rings. The van der Waals surface area contributed by atoms with Gasteiger partial charge in [-0.15, -0.1) is 0 Å². The number of carbonyl (C=O) groups excluding carboxylic acids is 2. The third-order valence-electron chi connectivity index (χ3n) is 6.41. The summed E-state index contributed by atoms with van der Waals surface area (Å²) in [6, 6.07) is 19.1. The number of anilines is 2. The van der Waals surface area contributed by atoms with Crippen LogP contribution in [0.15, 0.2) is 77.7 Å². The predicted octanol–water partition coefficient (Wildman–Crippen LogP) is 5.25. The van der Waals surface area contributed by atoms with Crippen molar-refractivity contribution in [3.63, 3.8) is 0 Å². The number of hydrogen-bond donors (Lipinski definition) is 2. The van der Waals surface area contributed by atoms with Gasteiger partial charge in [-0.05, 0) is 55.3 Å². The molecule has 38 heavy (non-hydrogen) atoms.